The Balaban J connectivity index is 2.03. The van der Waals surface area contributed by atoms with Crippen molar-refractivity contribution in [1.29, 1.82) is 0 Å². The Kier molecular flexibility index (Phi) is 5.52. The number of aromatic nitrogens is 2. The van der Waals surface area contributed by atoms with Gasteiger partial charge >= 0.3 is 5.69 Å². The van der Waals surface area contributed by atoms with Gasteiger partial charge in [-0.05, 0) is 50.5 Å². The van der Waals surface area contributed by atoms with Crippen molar-refractivity contribution in [3.05, 3.63) is 64.6 Å². The minimum absolute atomic E-state index is 0.299. The number of likely N-dealkylation sites (N-methyl/N-ethyl adjacent to an activating group) is 1. The van der Waals surface area contributed by atoms with Crippen molar-refractivity contribution < 1.29 is 9.53 Å². The van der Waals surface area contributed by atoms with Gasteiger partial charge in [-0.3, -0.25) is 9.36 Å². The highest BCUT2D eigenvalue weighted by Crippen LogP contribution is 2.21. The molecular weight excluding hydrogens is 344 g/mol. The molecule has 7 nitrogen and oxygen atoms in total. The lowest BCUT2D eigenvalue weighted by Gasteiger charge is -2.17. The number of nitrogens with one attached hydrogen (secondary N) is 1. The first-order valence-electron chi connectivity index (χ1n) is 8.59. The summed E-state index contributed by atoms with van der Waals surface area (Å²) in [6.07, 6.45) is 0. The van der Waals surface area contributed by atoms with Gasteiger partial charge in [0, 0.05) is 24.0 Å². The highest BCUT2D eigenvalue weighted by molar-refractivity contribution is 6.07. The molecule has 0 atom stereocenters. The van der Waals surface area contributed by atoms with Crippen LogP contribution in [0.25, 0.3) is 10.9 Å². The molecule has 0 unspecified atom stereocenters. The molecular formula is C20H22N4O3. The molecule has 0 aliphatic carbocycles. The number of hydrogen-bond acceptors (Lipinski definition) is 5. The highest BCUT2D eigenvalue weighted by Gasteiger charge is 2.15. The van der Waals surface area contributed by atoms with Crippen LogP contribution in [0.4, 0.5) is 5.82 Å². The number of anilines is 1. The van der Waals surface area contributed by atoms with Crippen LogP contribution >= 0.6 is 0 Å². The molecule has 0 saturated heterocycles. The van der Waals surface area contributed by atoms with E-state index in [4.69, 9.17) is 4.74 Å². The topological polar surface area (TPSA) is 76.5 Å². The van der Waals surface area contributed by atoms with Gasteiger partial charge in [0.05, 0.1) is 12.6 Å². The quantitative estimate of drug-likeness (QED) is 0.724. The zero-order chi connectivity index (χ0) is 19.4. The number of hydrogen-bond donors (Lipinski definition) is 1. The third-order valence-electron chi connectivity index (χ3n) is 4.23. The summed E-state index contributed by atoms with van der Waals surface area (Å²) < 4.78 is 6.63. The first kappa shape index (κ1) is 18.6. The van der Waals surface area contributed by atoms with Crippen LogP contribution in [-0.4, -0.2) is 48.1 Å². The molecule has 3 rings (SSSR count). The maximum absolute atomic E-state index is 12.8. The van der Waals surface area contributed by atoms with Crippen LogP contribution in [0.2, 0.25) is 0 Å². The average Bonchev–Trinajstić information content (AvgIpc) is 2.67. The number of ether oxygens (including phenoxy) is 1. The highest BCUT2D eigenvalue weighted by atomic mass is 16.5. The van der Waals surface area contributed by atoms with Crippen LogP contribution in [0.1, 0.15) is 10.4 Å². The van der Waals surface area contributed by atoms with Gasteiger partial charge in [-0.25, -0.2) is 4.79 Å². The zero-order valence-corrected chi connectivity index (χ0v) is 15.6. The van der Waals surface area contributed by atoms with E-state index >= 15 is 0 Å². The van der Waals surface area contributed by atoms with Gasteiger partial charge in [0.25, 0.3) is 5.91 Å². The van der Waals surface area contributed by atoms with Gasteiger partial charge in [-0.15, -0.1) is 0 Å². The number of nitrogens with zero attached hydrogens (tertiary/aromatic N) is 3. The van der Waals surface area contributed by atoms with E-state index in [-0.39, 0.29) is 11.6 Å². The average molecular weight is 366 g/mol. The third-order valence-corrected chi connectivity index (χ3v) is 4.23. The fourth-order valence-electron chi connectivity index (χ4n) is 2.74. The van der Waals surface area contributed by atoms with Crippen LogP contribution < -0.4 is 15.7 Å². The second-order valence-corrected chi connectivity index (χ2v) is 6.40. The summed E-state index contributed by atoms with van der Waals surface area (Å²) in [4.78, 5) is 31.4. The molecule has 7 heteroatoms. The molecule has 0 fully saturated rings. The second kappa shape index (κ2) is 8.01. The van der Waals surface area contributed by atoms with E-state index in [2.05, 4.69) is 10.3 Å². The largest absolute Gasteiger partial charge is 0.497 e. The molecule has 0 radical (unpaired) electrons. The first-order valence-corrected chi connectivity index (χ1v) is 8.59. The minimum Gasteiger partial charge on any atom is -0.497 e. The van der Waals surface area contributed by atoms with Crippen LogP contribution in [-0.2, 0) is 6.54 Å². The lowest BCUT2D eigenvalue weighted by molar-refractivity contribution is 0.102. The van der Waals surface area contributed by atoms with Crippen molar-refractivity contribution in [2.24, 2.45) is 0 Å². The van der Waals surface area contributed by atoms with Crippen molar-refractivity contribution in [2.75, 3.05) is 33.1 Å². The van der Waals surface area contributed by atoms with Crippen molar-refractivity contribution in [2.45, 2.75) is 6.54 Å². The maximum Gasteiger partial charge on any atom is 0.349 e. The Morgan fingerprint density at radius 2 is 1.85 bits per heavy atom. The lowest BCUT2D eigenvalue weighted by atomic mass is 10.2. The third kappa shape index (κ3) is 4.15. The normalized spacial score (nSPS) is 11.0. The molecule has 1 N–H and O–H groups in total. The summed E-state index contributed by atoms with van der Waals surface area (Å²) in [6, 6.07) is 14.1. The molecule has 27 heavy (non-hydrogen) atoms. The molecule has 3 aromatic rings. The smallest absolute Gasteiger partial charge is 0.349 e. The van der Waals surface area contributed by atoms with Gasteiger partial charge in [0.15, 0.2) is 0 Å². The lowest BCUT2D eigenvalue weighted by Crippen LogP contribution is -2.31. The van der Waals surface area contributed by atoms with E-state index in [1.54, 1.807) is 37.4 Å². The zero-order valence-electron chi connectivity index (χ0n) is 15.6. The van der Waals surface area contributed by atoms with Crippen LogP contribution in [0, 0.1) is 0 Å². The fraction of sp³-hybridized carbons (Fsp3) is 0.250. The predicted octanol–water partition coefficient (Wildman–Crippen LogP) is 2.22. The minimum atomic E-state index is -0.388. The summed E-state index contributed by atoms with van der Waals surface area (Å²) in [6.45, 7) is 1.06. The number of amides is 1. The summed E-state index contributed by atoms with van der Waals surface area (Å²) in [5.74, 6) is 0.823. The number of carbonyl (C=O) groups excluding carboxylic acids is 1. The summed E-state index contributed by atoms with van der Waals surface area (Å²) >= 11 is 0. The van der Waals surface area contributed by atoms with Crippen molar-refractivity contribution in [3.8, 4) is 5.75 Å². The van der Waals surface area contributed by atoms with E-state index in [9.17, 15) is 9.59 Å². The van der Waals surface area contributed by atoms with E-state index in [0.717, 1.165) is 5.39 Å². The standard InChI is InChI=1S/C20H22N4O3/c1-23(2)12-13-24-18(16-6-4-5-7-17(16)21-20(24)26)22-19(25)14-8-10-15(27-3)11-9-14/h4-11H,12-13H2,1-3H3,(H,22,25). The van der Waals surface area contributed by atoms with Crippen molar-refractivity contribution >= 4 is 22.6 Å². The Morgan fingerprint density at radius 1 is 1.15 bits per heavy atom. The molecule has 1 aromatic heterocycles. The number of rotatable bonds is 6. The molecule has 0 aliphatic heterocycles. The van der Waals surface area contributed by atoms with E-state index in [1.807, 2.05) is 37.2 Å². The number of para-hydroxylation sites is 1. The first-order chi connectivity index (χ1) is 13.0. The summed E-state index contributed by atoms with van der Waals surface area (Å²) in [5.41, 5.74) is 0.637. The molecule has 0 saturated carbocycles. The maximum atomic E-state index is 12.8. The molecule has 2 aromatic carbocycles. The van der Waals surface area contributed by atoms with E-state index in [0.29, 0.717) is 35.7 Å². The summed E-state index contributed by atoms with van der Waals surface area (Å²) in [7, 11) is 5.42. The monoisotopic (exact) mass is 366 g/mol. The Morgan fingerprint density at radius 3 is 2.52 bits per heavy atom. The number of benzene rings is 2. The molecule has 0 spiro atoms. The molecule has 1 heterocycles. The molecule has 140 valence electrons. The van der Waals surface area contributed by atoms with E-state index in [1.165, 1.54) is 4.57 Å². The van der Waals surface area contributed by atoms with Gasteiger partial charge in [-0.2, -0.15) is 4.98 Å². The predicted molar refractivity (Wildman–Crippen MR) is 106 cm³/mol. The fourth-order valence-corrected chi connectivity index (χ4v) is 2.74. The second-order valence-electron chi connectivity index (χ2n) is 6.40. The summed E-state index contributed by atoms with van der Waals surface area (Å²) in [5, 5.41) is 3.62. The van der Waals surface area contributed by atoms with Gasteiger partial charge in [-0.1, -0.05) is 12.1 Å². The van der Waals surface area contributed by atoms with Gasteiger partial charge < -0.3 is 15.0 Å². The van der Waals surface area contributed by atoms with Crippen LogP contribution in [0.15, 0.2) is 53.3 Å². The SMILES string of the molecule is COc1ccc(C(=O)Nc2c3ccccc3nc(=O)n2CCN(C)C)cc1. The van der Waals surface area contributed by atoms with Gasteiger partial charge in [0.2, 0.25) is 0 Å². The Labute approximate surface area is 157 Å². The number of fused-ring (bicyclic) bond motifs is 1. The van der Waals surface area contributed by atoms with Gasteiger partial charge in [0.1, 0.15) is 11.6 Å². The van der Waals surface area contributed by atoms with E-state index < -0.39 is 0 Å². The number of methoxy groups -OCH3 is 1. The van der Waals surface area contributed by atoms with Crippen molar-refractivity contribution in [1.82, 2.24) is 14.5 Å². The Hall–Kier alpha value is -3.19. The number of carbonyl (C=O) groups is 1. The van der Waals surface area contributed by atoms with Crippen molar-refractivity contribution in [3.63, 3.8) is 0 Å². The van der Waals surface area contributed by atoms with Crippen LogP contribution in [0.3, 0.4) is 0 Å². The molecule has 0 aliphatic rings. The molecule has 0 bridgehead atoms. The Bertz CT molecular complexity index is 1010. The van der Waals surface area contributed by atoms with Crippen LogP contribution in [0.5, 0.6) is 5.75 Å². The molecule has 1 amide bonds.